The van der Waals surface area contributed by atoms with E-state index >= 15 is 0 Å². The first kappa shape index (κ1) is 13.5. The number of nitrogens with one attached hydrogen (secondary N) is 1. The molecule has 4 atom stereocenters. The van der Waals surface area contributed by atoms with Crippen LogP contribution in [0.25, 0.3) is 0 Å². The molecule has 0 saturated carbocycles. The van der Waals surface area contributed by atoms with E-state index in [1.165, 1.54) is 0 Å². The van der Waals surface area contributed by atoms with E-state index in [1.54, 1.807) is 0 Å². The minimum Gasteiger partial charge on any atom is -0.394 e. The minimum atomic E-state index is -1.92. The molecule has 0 spiro atoms. The standard InChI is InChI=1S/C11H11FN2O5/c1-2-5-3-14(11(18)13-9(5)17)10-7(12)8(16)6(4-15)19-10/h1,3,6-8,10,15-16H,4H2,(H,13,17,18)/t6-,7-,8-,10-/m1/s1. The molecule has 0 aromatic carbocycles. The van der Waals surface area contributed by atoms with Crippen LogP contribution in [0.4, 0.5) is 4.39 Å². The first-order chi connectivity index (χ1) is 8.99. The molecule has 1 aromatic heterocycles. The van der Waals surface area contributed by atoms with Crippen molar-refractivity contribution in [3.8, 4) is 12.3 Å². The quantitative estimate of drug-likeness (QED) is 0.545. The average Bonchev–Trinajstić information content (AvgIpc) is 2.67. The van der Waals surface area contributed by atoms with Gasteiger partial charge in [-0.25, -0.2) is 9.18 Å². The lowest BCUT2D eigenvalue weighted by molar-refractivity contribution is -0.0491. The SMILES string of the molecule is C#Cc1cn([C@@H]2O[C@H](CO)[C@@H](O)[C@H]2F)c(=O)[nH]c1=O. The van der Waals surface area contributed by atoms with Gasteiger partial charge >= 0.3 is 5.69 Å². The van der Waals surface area contributed by atoms with Crippen LogP contribution in [-0.2, 0) is 4.74 Å². The van der Waals surface area contributed by atoms with E-state index < -0.39 is 42.5 Å². The van der Waals surface area contributed by atoms with Crippen molar-refractivity contribution >= 4 is 0 Å². The summed E-state index contributed by atoms with van der Waals surface area (Å²) in [7, 11) is 0. The largest absolute Gasteiger partial charge is 0.394 e. The highest BCUT2D eigenvalue weighted by Crippen LogP contribution is 2.30. The molecular weight excluding hydrogens is 259 g/mol. The Hall–Kier alpha value is -1.95. The summed E-state index contributed by atoms with van der Waals surface area (Å²) in [4.78, 5) is 24.8. The van der Waals surface area contributed by atoms with E-state index in [1.807, 2.05) is 10.9 Å². The van der Waals surface area contributed by atoms with E-state index in [9.17, 15) is 19.1 Å². The highest BCUT2D eigenvalue weighted by Gasteiger charge is 2.45. The molecule has 1 aromatic rings. The maximum atomic E-state index is 13.8. The Morgan fingerprint density at radius 3 is 2.79 bits per heavy atom. The van der Waals surface area contributed by atoms with Gasteiger partial charge in [0.15, 0.2) is 12.4 Å². The Kier molecular flexibility index (Phi) is 3.53. The van der Waals surface area contributed by atoms with Crippen LogP contribution in [0.5, 0.6) is 0 Å². The molecule has 2 rings (SSSR count). The van der Waals surface area contributed by atoms with Gasteiger partial charge in [-0.15, -0.1) is 6.42 Å². The van der Waals surface area contributed by atoms with Crippen LogP contribution < -0.4 is 11.2 Å². The third-order valence-electron chi connectivity index (χ3n) is 2.87. The average molecular weight is 270 g/mol. The number of terminal acetylenes is 1. The lowest BCUT2D eigenvalue weighted by Crippen LogP contribution is -2.37. The number of hydrogen-bond acceptors (Lipinski definition) is 5. The second-order valence-electron chi connectivity index (χ2n) is 4.04. The summed E-state index contributed by atoms with van der Waals surface area (Å²) in [6.07, 6.45) is -0.0400. The van der Waals surface area contributed by atoms with Crippen molar-refractivity contribution in [1.82, 2.24) is 9.55 Å². The molecule has 7 nitrogen and oxygen atoms in total. The normalized spacial score (nSPS) is 30.2. The molecule has 0 amide bonds. The zero-order valence-corrected chi connectivity index (χ0v) is 9.62. The molecular formula is C11H11FN2O5. The summed E-state index contributed by atoms with van der Waals surface area (Å²) in [6, 6.07) is 0. The van der Waals surface area contributed by atoms with Crippen molar-refractivity contribution in [2.24, 2.45) is 0 Å². The Balaban J connectivity index is 2.46. The van der Waals surface area contributed by atoms with Crippen molar-refractivity contribution in [3.63, 3.8) is 0 Å². The smallest absolute Gasteiger partial charge is 0.330 e. The first-order valence-corrected chi connectivity index (χ1v) is 5.40. The zero-order valence-electron chi connectivity index (χ0n) is 9.62. The summed E-state index contributed by atoms with van der Waals surface area (Å²) in [5, 5.41) is 18.4. The Bertz CT molecular complexity index is 631. The molecule has 19 heavy (non-hydrogen) atoms. The number of halogens is 1. The number of hydrogen-bond donors (Lipinski definition) is 3. The van der Waals surface area contributed by atoms with E-state index in [2.05, 4.69) is 0 Å². The molecule has 8 heteroatoms. The van der Waals surface area contributed by atoms with Crippen LogP contribution in [0.3, 0.4) is 0 Å². The second kappa shape index (κ2) is 4.97. The fourth-order valence-corrected chi connectivity index (χ4v) is 1.86. The van der Waals surface area contributed by atoms with Crippen LogP contribution in [0.2, 0.25) is 0 Å². The number of aliphatic hydroxyl groups excluding tert-OH is 2. The Labute approximate surface area is 106 Å². The third-order valence-corrected chi connectivity index (χ3v) is 2.87. The number of aliphatic hydroxyl groups is 2. The highest BCUT2D eigenvalue weighted by atomic mass is 19.1. The van der Waals surface area contributed by atoms with Gasteiger partial charge in [0.05, 0.1) is 6.61 Å². The van der Waals surface area contributed by atoms with Crippen LogP contribution in [-0.4, -0.2) is 44.8 Å². The van der Waals surface area contributed by atoms with Gasteiger partial charge in [-0.3, -0.25) is 14.3 Å². The highest BCUT2D eigenvalue weighted by molar-refractivity contribution is 5.26. The molecule has 0 bridgehead atoms. The van der Waals surface area contributed by atoms with Gasteiger partial charge in [-0.1, -0.05) is 5.92 Å². The van der Waals surface area contributed by atoms with Gasteiger partial charge in [0, 0.05) is 6.20 Å². The van der Waals surface area contributed by atoms with Gasteiger partial charge in [-0.2, -0.15) is 0 Å². The van der Waals surface area contributed by atoms with E-state index in [0.717, 1.165) is 10.8 Å². The Morgan fingerprint density at radius 1 is 1.58 bits per heavy atom. The van der Waals surface area contributed by atoms with Crippen molar-refractivity contribution < 1.29 is 19.3 Å². The summed E-state index contributed by atoms with van der Waals surface area (Å²) >= 11 is 0. The van der Waals surface area contributed by atoms with Gasteiger partial charge in [0.1, 0.15) is 17.8 Å². The van der Waals surface area contributed by atoms with Gasteiger partial charge in [-0.05, 0) is 0 Å². The fraction of sp³-hybridized carbons (Fsp3) is 0.455. The van der Waals surface area contributed by atoms with Crippen LogP contribution in [0, 0.1) is 12.3 Å². The van der Waals surface area contributed by atoms with Gasteiger partial charge < -0.3 is 14.9 Å². The van der Waals surface area contributed by atoms with E-state index in [4.69, 9.17) is 16.3 Å². The maximum absolute atomic E-state index is 13.8. The maximum Gasteiger partial charge on any atom is 0.330 e. The monoisotopic (exact) mass is 270 g/mol. The first-order valence-electron chi connectivity index (χ1n) is 5.40. The third kappa shape index (κ3) is 2.19. The van der Waals surface area contributed by atoms with Crippen molar-refractivity contribution in [2.45, 2.75) is 24.6 Å². The molecule has 0 aliphatic carbocycles. The fourth-order valence-electron chi connectivity index (χ4n) is 1.86. The van der Waals surface area contributed by atoms with Crippen molar-refractivity contribution in [3.05, 3.63) is 32.6 Å². The number of aromatic nitrogens is 2. The van der Waals surface area contributed by atoms with E-state index in [-0.39, 0.29) is 5.56 Å². The lowest BCUT2D eigenvalue weighted by Gasteiger charge is -2.15. The van der Waals surface area contributed by atoms with Crippen molar-refractivity contribution in [2.75, 3.05) is 6.61 Å². The minimum absolute atomic E-state index is 0.169. The number of alkyl halides is 1. The molecule has 102 valence electrons. The molecule has 0 radical (unpaired) electrons. The number of H-pyrrole nitrogens is 1. The summed E-state index contributed by atoms with van der Waals surface area (Å²) in [5.74, 6) is 2.04. The summed E-state index contributed by atoms with van der Waals surface area (Å²) in [5.41, 5.74) is -1.85. The Morgan fingerprint density at radius 2 is 2.26 bits per heavy atom. The molecule has 1 saturated heterocycles. The molecule has 1 fully saturated rings. The molecule has 2 heterocycles. The summed E-state index contributed by atoms with van der Waals surface area (Å²) < 4.78 is 19.6. The molecule has 3 N–H and O–H groups in total. The predicted molar refractivity (Wildman–Crippen MR) is 61.2 cm³/mol. The topological polar surface area (TPSA) is 105 Å². The number of aromatic amines is 1. The van der Waals surface area contributed by atoms with Gasteiger partial charge in [0.25, 0.3) is 5.56 Å². The number of rotatable bonds is 2. The molecule has 1 aliphatic heterocycles. The predicted octanol–water partition coefficient (Wildman–Crippen LogP) is -1.89. The number of ether oxygens (including phenoxy) is 1. The van der Waals surface area contributed by atoms with Crippen LogP contribution in [0.1, 0.15) is 11.8 Å². The van der Waals surface area contributed by atoms with Crippen LogP contribution in [0.15, 0.2) is 15.8 Å². The number of nitrogens with zero attached hydrogens (tertiary/aromatic N) is 1. The molecule has 0 unspecified atom stereocenters. The second-order valence-corrected chi connectivity index (χ2v) is 4.04. The molecule has 1 aliphatic rings. The summed E-state index contributed by atoms with van der Waals surface area (Å²) in [6.45, 7) is -0.599. The van der Waals surface area contributed by atoms with Crippen LogP contribution >= 0.6 is 0 Å². The zero-order chi connectivity index (χ0) is 14.2. The van der Waals surface area contributed by atoms with Gasteiger partial charge in [0.2, 0.25) is 0 Å². The lowest BCUT2D eigenvalue weighted by atomic mass is 10.1. The van der Waals surface area contributed by atoms with Crippen molar-refractivity contribution in [1.29, 1.82) is 0 Å². The van der Waals surface area contributed by atoms with E-state index in [0.29, 0.717) is 0 Å².